The van der Waals surface area contributed by atoms with Crippen LogP contribution in [-0.2, 0) is 18.9 Å². The van der Waals surface area contributed by atoms with Gasteiger partial charge in [-0.05, 0) is 12.5 Å². The number of hydrogen-bond donors (Lipinski definition) is 2. The van der Waals surface area contributed by atoms with Crippen molar-refractivity contribution >= 4 is 0 Å². The third kappa shape index (κ3) is 2.67. The van der Waals surface area contributed by atoms with Crippen LogP contribution in [0.4, 0.5) is 0 Å². The Balaban J connectivity index is 2.37. The molecular formula is C14H20N4O. The summed E-state index contributed by atoms with van der Waals surface area (Å²) in [5.41, 5.74) is 7.65. The zero-order chi connectivity index (χ0) is 13.9. The van der Waals surface area contributed by atoms with Gasteiger partial charge in [-0.15, -0.1) is 0 Å². The molecule has 0 aliphatic rings. The van der Waals surface area contributed by atoms with Gasteiger partial charge >= 0.3 is 0 Å². The van der Waals surface area contributed by atoms with Gasteiger partial charge in [-0.25, -0.2) is 4.98 Å². The minimum Gasteiger partial charge on any atom is -0.395 e. The Labute approximate surface area is 113 Å². The lowest BCUT2D eigenvalue weighted by atomic mass is 9.78. The van der Waals surface area contributed by atoms with Crippen molar-refractivity contribution in [3.8, 4) is 0 Å². The van der Waals surface area contributed by atoms with Gasteiger partial charge in [0.05, 0.1) is 6.61 Å². The second-order valence-corrected chi connectivity index (χ2v) is 4.99. The largest absolute Gasteiger partial charge is 0.395 e. The molecule has 5 heteroatoms. The summed E-state index contributed by atoms with van der Waals surface area (Å²) in [5, 5.41) is 13.9. The number of benzene rings is 1. The molecule has 1 aromatic carbocycles. The standard InChI is InChI=1S/C14H20N4O/c1-11-3-5-12(6-4-11)14(8-15,9-19)7-13-16-10-17-18(13)2/h3-6,10,19H,7-9,15H2,1-2H3. The van der Waals surface area contributed by atoms with Crippen molar-refractivity contribution < 1.29 is 5.11 Å². The first-order valence-corrected chi connectivity index (χ1v) is 6.32. The highest BCUT2D eigenvalue weighted by molar-refractivity contribution is 5.30. The molecule has 0 fully saturated rings. The summed E-state index contributed by atoms with van der Waals surface area (Å²) in [4.78, 5) is 4.22. The number of aromatic nitrogens is 3. The molecule has 0 saturated carbocycles. The Morgan fingerprint density at radius 3 is 2.47 bits per heavy atom. The summed E-state index contributed by atoms with van der Waals surface area (Å²) >= 11 is 0. The lowest BCUT2D eigenvalue weighted by Gasteiger charge is -2.30. The Bertz CT molecular complexity index is 529. The number of nitrogens with zero attached hydrogens (tertiary/aromatic N) is 3. The molecule has 0 aliphatic heterocycles. The number of aliphatic hydroxyl groups is 1. The van der Waals surface area contributed by atoms with E-state index in [1.807, 2.05) is 38.2 Å². The number of aliphatic hydroxyl groups excluding tert-OH is 1. The quantitative estimate of drug-likeness (QED) is 0.823. The van der Waals surface area contributed by atoms with Crippen LogP contribution in [0.1, 0.15) is 17.0 Å². The third-order valence-electron chi connectivity index (χ3n) is 3.66. The zero-order valence-electron chi connectivity index (χ0n) is 11.4. The van der Waals surface area contributed by atoms with Gasteiger partial charge in [0.15, 0.2) is 0 Å². The number of rotatable bonds is 5. The van der Waals surface area contributed by atoms with Crippen LogP contribution in [0, 0.1) is 6.92 Å². The number of aryl methyl sites for hydroxylation is 2. The topological polar surface area (TPSA) is 77.0 Å². The SMILES string of the molecule is Cc1ccc(C(CN)(CO)Cc2ncnn2C)cc1. The van der Waals surface area contributed by atoms with E-state index in [-0.39, 0.29) is 6.61 Å². The van der Waals surface area contributed by atoms with E-state index in [1.54, 1.807) is 4.68 Å². The van der Waals surface area contributed by atoms with E-state index in [0.29, 0.717) is 13.0 Å². The van der Waals surface area contributed by atoms with Crippen LogP contribution in [0.3, 0.4) is 0 Å². The Morgan fingerprint density at radius 2 is 2.00 bits per heavy atom. The highest BCUT2D eigenvalue weighted by Gasteiger charge is 2.32. The molecule has 5 nitrogen and oxygen atoms in total. The zero-order valence-corrected chi connectivity index (χ0v) is 11.4. The van der Waals surface area contributed by atoms with Crippen LogP contribution in [-0.4, -0.2) is 33.0 Å². The summed E-state index contributed by atoms with van der Waals surface area (Å²) < 4.78 is 1.72. The molecular weight excluding hydrogens is 240 g/mol. The Morgan fingerprint density at radius 1 is 1.32 bits per heavy atom. The molecule has 1 aromatic heterocycles. The average Bonchev–Trinajstić information content (AvgIpc) is 2.82. The average molecular weight is 260 g/mol. The van der Waals surface area contributed by atoms with Gasteiger partial charge in [-0.3, -0.25) is 4.68 Å². The molecule has 0 amide bonds. The molecule has 19 heavy (non-hydrogen) atoms. The molecule has 0 saturated heterocycles. The van der Waals surface area contributed by atoms with Crippen molar-refractivity contribution in [2.45, 2.75) is 18.8 Å². The first kappa shape index (κ1) is 13.7. The van der Waals surface area contributed by atoms with Crippen LogP contribution in [0.2, 0.25) is 0 Å². The van der Waals surface area contributed by atoms with Crippen molar-refractivity contribution in [3.63, 3.8) is 0 Å². The molecule has 102 valence electrons. The molecule has 1 atom stereocenters. The first-order valence-electron chi connectivity index (χ1n) is 6.32. The Kier molecular flexibility index (Phi) is 3.97. The minimum absolute atomic E-state index is 0.0145. The van der Waals surface area contributed by atoms with Crippen molar-refractivity contribution in [3.05, 3.63) is 47.5 Å². The third-order valence-corrected chi connectivity index (χ3v) is 3.66. The smallest absolute Gasteiger partial charge is 0.138 e. The van der Waals surface area contributed by atoms with E-state index < -0.39 is 5.41 Å². The molecule has 2 aromatic rings. The summed E-state index contributed by atoms with van der Waals surface area (Å²) in [7, 11) is 1.84. The second-order valence-electron chi connectivity index (χ2n) is 4.99. The number of nitrogens with two attached hydrogens (primary N) is 1. The molecule has 0 bridgehead atoms. The lowest BCUT2D eigenvalue weighted by Crippen LogP contribution is -2.41. The van der Waals surface area contributed by atoms with Gasteiger partial charge in [0.2, 0.25) is 0 Å². The maximum atomic E-state index is 9.85. The van der Waals surface area contributed by atoms with Crippen LogP contribution in [0.5, 0.6) is 0 Å². The fourth-order valence-corrected chi connectivity index (χ4v) is 2.19. The van der Waals surface area contributed by atoms with Gasteiger partial charge in [-0.1, -0.05) is 29.8 Å². The van der Waals surface area contributed by atoms with Crippen LogP contribution in [0.25, 0.3) is 0 Å². The molecule has 3 N–H and O–H groups in total. The highest BCUT2D eigenvalue weighted by Crippen LogP contribution is 2.27. The van der Waals surface area contributed by atoms with Crippen LogP contribution in [0.15, 0.2) is 30.6 Å². The van der Waals surface area contributed by atoms with E-state index in [4.69, 9.17) is 5.73 Å². The van der Waals surface area contributed by atoms with Crippen LogP contribution >= 0.6 is 0 Å². The predicted molar refractivity (Wildman–Crippen MR) is 73.7 cm³/mol. The lowest BCUT2D eigenvalue weighted by molar-refractivity contribution is 0.193. The van der Waals surface area contributed by atoms with Crippen molar-refractivity contribution in [2.24, 2.45) is 12.8 Å². The van der Waals surface area contributed by atoms with E-state index in [2.05, 4.69) is 10.1 Å². The van der Waals surface area contributed by atoms with Gasteiger partial charge in [-0.2, -0.15) is 5.10 Å². The molecule has 0 aliphatic carbocycles. The predicted octanol–water partition coefficient (Wildman–Crippen LogP) is 0.555. The monoisotopic (exact) mass is 260 g/mol. The number of hydrogen-bond acceptors (Lipinski definition) is 4. The normalized spacial score (nSPS) is 14.3. The minimum atomic E-state index is -0.505. The van der Waals surface area contributed by atoms with Gasteiger partial charge in [0, 0.05) is 25.4 Å². The fourth-order valence-electron chi connectivity index (χ4n) is 2.19. The summed E-state index contributed by atoms with van der Waals surface area (Å²) in [6.45, 7) is 2.38. The Hall–Kier alpha value is -1.72. The molecule has 0 radical (unpaired) electrons. The maximum Gasteiger partial charge on any atom is 0.138 e. The van der Waals surface area contributed by atoms with E-state index in [0.717, 1.165) is 11.4 Å². The first-order chi connectivity index (χ1) is 9.11. The molecule has 2 rings (SSSR count). The van der Waals surface area contributed by atoms with Crippen LogP contribution < -0.4 is 5.73 Å². The van der Waals surface area contributed by atoms with Gasteiger partial charge < -0.3 is 10.8 Å². The highest BCUT2D eigenvalue weighted by atomic mass is 16.3. The van der Waals surface area contributed by atoms with Gasteiger partial charge in [0.1, 0.15) is 12.2 Å². The maximum absolute atomic E-state index is 9.85. The van der Waals surface area contributed by atoms with Crippen molar-refractivity contribution in [1.29, 1.82) is 0 Å². The van der Waals surface area contributed by atoms with Crippen molar-refractivity contribution in [1.82, 2.24) is 14.8 Å². The van der Waals surface area contributed by atoms with E-state index in [9.17, 15) is 5.11 Å². The summed E-state index contributed by atoms with van der Waals surface area (Å²) in [6.07, 6.45) is 2.09. The van der Waals surface area contributed by atoms with E-state index in [1.165, 1.54) is 11.9 Å². The summed E-state index contributed by atoms with van der Waals surface area (Å²) in [6, 6.07) is 8.11. The second kappa shape index (κ2) is 5.50. The molecule has 1 heterocycles. The molecule has 0 spiro atoms. The molecule has 1 unspecified atom stereocenters. The van der Waals surface area contributed by atoms with E-state index >= 15 is 0 Å². The van der Waals surface area contributed by atoms with Gasteiger partial charge in [0.25, 0.3) is 0 Å². The fraction of sp³-hybridized carbons (Fsp3) is 0.429. The van der Waals surface area contributed by atoms with Crippen molar-refractivity contribution in [2.75, 3.05) is 13.2 Å². The summed E-state index contributed by atoms with van der Waals surface area (Å²) in [5.74, 6) is 0.820.